The van der Waals surface area contributed by atoms with Gasteiger partial charge >= 0.3 is 6.09 Å². The van der Waals surface area contributed by atoms with Gasteiger partial charge in [0, 0.05) is 29.8 Å². The van der Waals surface area contributed by atoms with Gasteiger partial charge in [-0.1, -0.05) is 0 Å². The molecule has 2 aliphatic rings. The van der Waals surface area contributed by atoms with Crippen molar-refractivity contribution in [1.29, 1.82) is 0 Å². The maximum Gasteiger partial charge on any atom is 0.410 e. The monoisotopic (exact) mass is 474 g/mol. The summed E-state index contributed by atoms with van der Waals surface area (Å²) in [5, 5.41) is 3.06. The number of benzene rings is 1. The largest absolute Gasteiger partial charge is 0.474 e. The Morgan fingerprint density at radius 1 is 1.21 bits per heavy atom. The summed E-state index contributed by atoms with van der Waals surface area (Å²) in [7, 11) is 0. The second-order valence-corrected chi connectivity index (χ2v) is 10.5. The Balaban J connectivity index is 1.44. The molecule has 2 fully saturated rings. The van der Waals surface area contributed by atoms with Crippen LogP contribution in [-0.4, -0.2) is 51.0 Å². The Morgan fingerprint density at radius 2 is 1.91 bits per heavy atom. The van der Waals surface area contributed by atoms with Crippen LogP contribution in [0.25, 0.3) is 0 Å². The quantitative estimate of drug-likeness (QED) is 0.557. The number of carbonyl (C=O) groups excluding carboxylic acids is 1. The van der Waals surface area contributed by atoms with Crippen molar-refractivity contribution in [1.82, 2.24) is 14.9 Å². The summed E-state index contributed by atoms with van der Waals surface area (Å²) in [6.07, 6.45) is 6.38. The first-order chi connectivity index (χ1) is 15.6. The van der Waals surface area contributed by atoms with E-state index < -0.39 is 5.60 Å². The lowest BCUT2D eigenvalue weighted by atomic mass is 10.00. The first-order valence-corrected chi connectivity index (χ1v) is 12.5. The average Bonchev–Trinajstić information content (AvgIpc) is 3.02. The van der Waals surface area contributed by atoms with E-state index in [4.69, 9.17) is 9.47 Å². The van der Waals surface area contributed by atoms with E-state index in [-0.39, 0.29) is 30.1 Å². The molecule has 2 atom stereocenters. The lowest BCUT2D eigenvalue weighted by Gasteiger charge is -2.39. The van der Waals surface area contributed by atoms with Crippen LogP contribution in [0.1, 0.15) is 52.0 Å². The predicted octanol–water partition coefficient (Wildman–Crippen LogP) is 5.70. The summed E-state index contributed by atoms with van der Waals surface area (Å²) < 4.78 is 26.3. The minimum absolute atomic E-state index is 0.0553. The fourth-order valence-corrected chi connectivity index (χ4v) is 4.95. The Kier molecular flexibility index (Phi) is 6.70. The number of halogens is 1. The van der Waals surface area contributed by atoms with E-state index in [1.165, 1.54) is 24.2 Å². The van der Waals surface area contributed by atoms with Crippen molar-refractivity contribution < 1.29 is 18.7 Å². The zero-order valence-electron chi connectivity index (χ0n) is 19.7. The molecule has 2 unspecified atom stereocenters. The predicted molar refractivity (Wildman–Crippen MR) is 127 cm³/mol. The molecule has 1 N–H and O–H groups in total. The zero-order chi connectivity index (χ0) is 23.8. The molecule has 2 saturated heterocycles. The molecule has 7 nitrogen and oxygen atoms in total. The van der Waals surface area contributed by atoms with Gasteiger partial charge in [-0.2, -0.15) is 0 Å². The van der Waals surface area contributed by atoms with Gasteiger partial charge in [0.1, 0.15) is 29.7 Å². The number of thioether (sulfide) groups is 1. The summed E-state index contributed by atoms with van der Waals surface area (Å²) >= 11 is 1.49. The molecule has 0 aliphatic carbocycles. The number of nitrogens with one attached hydrogen (secondary N) is 1. The van der Waals surface area contributed by atoms with Crippen LogP contribution < -0.4 is 10.1 Å². The van der Waals surface area contributed by atoms with Gasteiger partial charge in [0.15, 0.2) is 0 Å². The van der Waals surface area contributed by atoms with Gasteiger partial charge in [0.2, 0.25) is 5.88 Å². The third-order valence-electron chi connectivity index (χ3n) is 6.04. The van der Waals surface area contributed by atoms with Crippen LogP contribution in [0.5, 0.6) is 5.88 Å². The highest BCUT2D eigenvalue weighted by atomic mass is 32.2. The van der Waals surface area contributed by atoms with E-state index in [0.717, 1.165) is 30.6 Å². The smallest absolute Gasteiger partial charge is 0.410 e. The van der Waals surface area contributed by atoms with E-state index in [9.17, 15) is 9.18 Å². The van der Waals surface area contributed by atoms with Crippen LogP contribution in [0.2, 0.25) is 0 Å². The summed E-state index contributed by atoms with van der Waals surface area (Å²) in [4.78, 5) is 24.0. The SMILES string of the molecule is CSc1ccc(Nc2ncnc(OC3CC4CCC(C3)N4C(=O)OC(C)(C)C)c2C)c(F)c1. The van der Waals surface area contributed by atoms with Gasteiger partial charge in [-0.25, -0.2) is 19.2 Å². The lowest BCUT2D eigenvalue weighted by Crippen LogP contribution is -2.50. The summed E-state index contributed by atoms with van der Waals surface area (Å²) in [6, 6.07) is 5.26. The number of amides is 1. The summed E-state index contributed by atoms with van der Waals surface area (Å²) in [5.74, 6) is 0.641. The fourth-order valence-electron chi connectivity index (χ4n) is 4.52. The number of anilines is 2. The van der Waals surface area contributed by atoms with Gasteiger partial charge in [0.25, 0.3) is 0 Å². The van der Waals surface area contributed by atoms with Gasteiger partial charge in [0.05, 0.1) is 11.3 Å². The van der Waals surface area contributed by atoms with Gasteiger partial charge in [-0.15, -0.1) is 11.8 Å². The van der Waals surface area contributed by atoms with Crippen molar-refractivity contribution in [2.45, 2.75) is 82.1 Å². The summed E-state index contributed by atoms with van der Waals surface area (Å²) in [5.41, 5.74) is 0.553. The molecule has 1 aromatic carbocycles. The van der Waals surface area contributed by atoms with Crippen LogP contribution in [0.4, 0.5) is 20.7 Å². The van der Waals surface area contributed by atoms with Crippen LogP contribution in [-0.2, 0) is 4.74 Å². The molecule has 3 heterocycles. The Labute approximate surface area is 198 Å². The molecule has 2 bridgehead atoms. The molecule has 0 spiro atoms. The number of ether oxygens (including phenoxy) is 2. The standard InChI is InChI=1S/C24H31FN4O3S/c1-14-21(28-20-9-8-18(33-5)12-19(20)25)26-13-27-22(14)31-17-10-15-6-7-16(11-17)29(15)23(30)32-24(2,3)4/h8-9,12-13,15-17H,6-7,10-11H2,1-5H3,(H,26,27,28). The van der Waals surface area contributed by atoms with Crippen LogP contribution in [0.15, 0.2) is 29.4 Å². The minimum Gasteiger partial charge on any atom is -0.474 e. The Morgan fingerprint density at radius 3 is 2.52 bits per heavy atom. The third-order valence-corrected chi connectivity index (χ3v) is 6.76. The highest BCUT2D eigenvalue weighted by Gasteiger charge is 2.45. The second-order valence-electron chi connectivity index (χ2n) is 9.61. The number of carbonyl (C=O) groups is 1. The van der Waals surface area contributed by atoms with E-state index in [1.54, 1.807) is 6.07 Å². The molecule has 0 saturated carbocycles. The molecule has 0 radical (unpaired) electrons. The van der Waals surface area contributed by atoms with Gasteiger partial charge in [-0.3, -0.25) is 0 Å². The van der Waals surface area contributed by atoms with Crippen molar-refractivity contribution in [3.8, 4) is 5.88 Å². The topological polar surface area (TPSA) is 76.6 Å². The number of fused-ring (bicyclic) bond motifs is 2. The first-order valence-electron chi connectivity index (χ1n) is 11.2. The number of hydrogen-bond acceptors (Lipinski definition) is 7. The number of piperidine rings is 1. The number of aromatic nitrogens is 2. The minimum atomic E-state index is -0.513. The number of hydrogen-bond donors (Lipinski definition) is 1. The lowest BCUT2D eigenvalue weighted by molar-refractivity contribution is -0.00769. The molecule has 2 aromatic rings. The molecule has 33 heavy (non-hydrogen) atoms. The van der Waals surface area contributed by atoms with Crippen LogP contribution in [0.3, 0.4) is 0 Å². The van der Waals surface area contributed by atoms with Crippen LogP contribution >= 0.6 is 11.8 Å². The molecular weight excluding hydrogens is 443 g/mol. The first kappa shape index (κ1) is 23.6. The number of rotatable bonds is 5. The Hall–Kier alpha value is -2.55. The van der Waals surface area contributed by atoms with E-state index in [1.807, 2.05) is 44.9 Å². The maximum absolute atomic E-state index is 14.4. The maximum atomic E-state index is 14.4. The second kappa shape index (κ2) is 9.37. The summed E-state index contributed by atoms with van der Waals surface area (Å²) in [6.45, 7) is 7.51. The van der Waals surface area contributed by atoms with Crippen LogP contribution in [0, 0.1) is 12.7 Å². The van der Waals surface area contributed by atoms with Crippen molar-refractivity contribution >= 4 is 29.4 Å². The molecule has 178 valence electrons. The highest BCUT2D eigenvalue weighted by Crippen LogP contribution is 2.39. The molecule has 9 heteroatoms. The fraction of sp³-hybridized carbons (Fsp3) is 0.542. The van der Waals surface area contributed by atoms with Crippen molar-refractivity contribution in [2.24, 2.45) is 0 Å². The molecule has 1 aromatic heterocycles. The average molecular weight is 475 g/mol. The van der Waals surface area contributed by atoms with E-state index in [0.29, 0.717) is 22.9 Å². The highest BCUT2D eigenvalue weighted by molar-refractivity contribution is 7.98. The Bertz CT molecular complexity index is 1020. The third kappa shape index (κ3) is 5.34. The van der Waals surface area contributed by atoms with Gasteiger partial charge in [-0.05, 0) is 65.0 Å². The molecule has 4 rings (SSSR count). The van der Waals surface area contributed by atoms with Gasteiger partial charge < -0.3 is 19.7 Å². The molecular formula is C24H31FN4O3S. The van der Waals surface area contributed by atoms with E-state index in [2.05, 4.69) is 15.3 Å². The molecule has 1 amide bonds. The number of nitrogens with zero attached hydrogens (tertiary/aromatic N) is 3. The zero-order valence-corrected chi connectivity index (χ0v) is 20.5. The van der Waals surface area contributed by atoms with Crippen molar-refractivity contribution in [2.75, 3.05) is 11.6 Å². The van der Waals surface area contributed by atoms with E-state index >= 15 is 0 Å². The van der Waals surface area contributed by atoms with Crippen molar-refractivity contribution in [3.63, 3.8) is 0 Å². The van der Waals surface area contributed by atoms with Crippen molar-refractivity contribution in [3.05, 3.63) is 35.9 Å². The molecule has 2 aliphatic heterocycles. The normalized spacial score (nSPS) is 22.2.